The van der Waals surface area contributed by atoms with Gasteiger partial charge in [-0.1, -0.05) is 6.42 Å². The number of hydrogen-bond acceptors (Lipinski definition) is 4. The molecule has 2 N–H and O–H groups in total. The molecule has 1 rings (SSSR count). The van der Waals surface area contributed by atoms with Gasteiger partial charge in [0.1, 0.15) is 15.6 Å². The minimum Gasteiger partial charge on any atom is -0.328 e. The molecule has 0 aromatic carbocycles. The van der Waals surface area contributed by atoms with E-state index in [0.29, 0.717) is 19.3 Å². The topological polar surface area (TPSA) is 77.2 Å². The van der Waals surface area contributed by atoms with Gasteiger partial charge in [0.05, 0.1) is 5.25 Å². The Balaban J connectivity index is 2.44. The first kappa shape index (κ1) is 15.6. The van der Waals surface area contributed by atoms with Gasteiger partial charge in [-0.15, -0.1) is 0 Å². The van der Waals surface area contributed by atoms with Crippen LogP contribution in [0.1, 0.15) is 51.9 Å². The zero-order valence-corrected chi connectivity index (χ0v) is 12.2. The van der Waals surface area contributed by atoms with Crippen molar-refractivity contribution in [2.75, 3.05) is 6.26 Å². The van der Waals surface area contributed by atoms with Gasteiger partial charge in [0.25, 0.3) is 0 Å². The highest BCUT2D eigenvalue weighted by Crippen LogP contribution is 2.30. The minimum atomic E-state index is -3.00. The van der Waals surface area contributed by atoms with Crippen molar-refractivity contribution in [2.24, 2.45) is 11.7 Å². The van der Waals surface area contributed by atoms with Gasteiger partial charge in [0, 0.05) is 24.6 Å². The molecule has 0 spiro atoms. The fraction of sp³-hybridized carbons (Fsp3) is 0.923. The number of hydrogen-bond donors (Lipinski definition) is 1. The predicted octanol–water partition coefficient (Wildman–Crippen LogP) is 1.68. The molecule has 1 aliphatic carbocycles. The van der Waals surface area contributed by atoms with Crippen LogP contribution in [-0.4, -0.2) is 31.7 Å². The van der Waals surface area contributed by atoms with E-state index in [-0.39, 0.29) is 23.0 Å². The lowest BCUT2D eigenvalue weighted by Gasteiger charge is -2.27. The molecular weight excluding hydrogens is 250 g/mol. The summed E-state index contributed by atoms with van der Waals surface area (Å²) < 4.78 is 23.1. The molecule has 0 amide bonds. The quantitative estimate of drug-likeness (QED) is 0.800. The SMILES string of the molecule is CC(N)CCCC(=O)C1CCCC(S(C)(=O)=O)C1. The van der Waals surface area contributed by atoms with Crippen LogP contribution in [0.4, 0.5) is 0 Å². The molecule has 4 nitrogen and oxygen atoms in total. The minimum absolute atomic E-state index is 0.0495. The maximum absolute atomic E-state index is 12.0. The molecule has 0 radical (unpaired) electrons. The lowest BCUT2D eigenvalue weighted by Crippen LogP contribution is -2.31. The van der Waals surface area contributed by atoms with E-state index in [1.807, 2.05) is 6.92 Å². The first-order valence-corrected chi connectivity index (χ1v) is 8.73. The Morgan fingerprint density at radius 3 is 2.61 bits per heavy atom. The second-order valence-corrected chi connectivity index (χ2v) is 7.98. The van der Waals surface area contributed by atoms with Crippen molar-refractivity contribution in [3.8, 4) is 0 Å². The van der Waals surface area contributed by atoms with E-state index in [9.17, 15) is 13.2 Å². The van der Waals surface area contributed by atoms with Crippen molar-refractivity contribution in [2.45, 2.75) is 63.2 Å². The summed E-state index contributed by atoms with van der Waals surface area (Å²) in [6.07, 6.45) is 6.43. The van der Waals surface area contributed by atoms with E-state index < -0.39 is 9.84 Å². The van der Waals surface area contributed by atoms with Crippen molar-refractivity contribution in [3.63, 3.8) is 0 Å². The molecule has 1 saturated carbocycles. The molecule has 18 heavy (non-hydrogen) atoms. The smallest absolute Gasteiger partial charge is 0.150 e. The standard InChI is InChI=1S/C13H25NO3S/c1-10(14)5-3-8-13(15)11-6-4-7-12(9-11)18(2,16)17/h10-12H,3-9,14H2,1-2H3. The molecule has 0 aliphatic heterocycles. The Morgan fingerprint density at radius 2 is 2.06 bits per heavy atom. The third-order valence-corrected chi connectivity index (χ3v) is 5.41. The zero-order valence-electron chi connectivity index (χ0n) is 11.4. The van der Waals surface area contributed by atoms with Crippen LogP contribution in [-0.2, 0) is 14.6 Å². The number of Topliss-reactive ketones (excluding diaryl/α,β-unsaturated/α-hetero) is 1. The Labute approximate surface area is 110 Å². The van der Waals surface area contributed by atoms with Gasteiger partial charge >= 0.3 is 0 Å². The Hall–Kier alpha value is -0.420. The first-order valence-electron chi connectivity index (χ1n) is 6.78. The summed E-state index contributed by atoms with van der Waals surface area (Å²) in [5.41, 5.74) is 5.65. The molecule has 0 heterocycles. The molecule has 0 aromatic rings. The summed E-state index contributed by atoms with van der Waals surface area (Å²) in [4.78, 5) is 12.0. The highest BCUT2D eigenvalue weighted by atomic mass is 32.2. The highest BCUT2D eigenvalue weighted by molar-refractivity contribution is 7.91. The molecule has 0 saturated heterocycles. The number of rotatable bonds is 6. The normalized spacial score (nSPS) is 26.8. The van der Waals surface area contributed by atoms with Gasteiger partial charge in [-0.25, -0.2) is 8.42 Å². The lowest BCUT2D eigenvalue weighted by molar-refractivity contribution is -0.123. The number of carbonyl (C=O) groups excluding carboxylic acids is 1. The third kappa shape index (κ3) is 5.06. The van der Waals surface area contributed by atoms with Gasteiger partial charge in [-0.05, 0) is 39.0 Å². The predicted molar refractivity (Wildman–Crippen MR) is 73.1 cm³/mol. The second kappa shape index (κ2) is 6.66. The molecule has 0 bridgehead atoms. The van der Waals surface area contributed by atoms with Gasteiger partial charge in [-0.2, -0.15) is 0 Å². The van der Waals surface area contributed by atoms with E-state index in [0.717, 1.165) is 25.7 Å². The van der Waals surface area contributed by atoms with Crippen molar-refractivity contribution >= 4 is 15.6 Å². The summed E-state index contributed by atoms with van der Waals surface area (Å²) in [5.74, 6) is 0.176. The van der Waals surface area contributed by atoms with Crippen molar-refractivity contribution in [1.29, 1.82) is 0 Å². The number of ketones is 1. The summed E-state index contributed by atoms with van der Waals surface area (Å²) in [5, 5.41) is -0.311. The largest absolute Gasteiger partial charge is 0.328 e. The van der Waals surface area contributed by atoms with Crippen LogP contribution < -0.4 is 5.73 Å². The lowest BCUT2D eigenvalue weighted by atomic mass is 9.84. The van der Waals surface area contributed by atoms with Crippen molar-refractivity contribution < 1.29 is 13.2 Å². The molecule has 0 aromatic heterocycles. The van der Waals surface area contributed by atoms with Crippen LogP contribution in [0.5, 0.6) is 0 Å². The van der Waals surface area contributed by atoms with Crippen LogP contribution in [0.25, 0.3) is 0 Å². The van der Waals surface area contributed by atoms with Gasteiger partial charge in [0.15, 0.2) is 0 Å². The summed E-state index contributed by atoms with van der Waals surface area (Å²) in [6, 6.07) is 0.132. The number of carbonyl (C=O) groups is 1. The summed E-state index contributed by atoms with van der Waals surface area (Å²) >= 11 is 0. The summed E-state index contributed by atoms with van der Waals surface area (Å²) in [6.45, 7) is 1.94. The molecule has 106 valence electrons. The van der Waals surface area contributed by atoms with Gasteiger partial charge in [-0.3, -0.25) is 4.79 Å². The maximum atomic E-state index is 12.0. The fourth-order valence-corrected chi connectivity index (χ4v) is 3.81. The summed E-state index contributed by atoms with van der Waals surface area (Å²) in [7, 11) is -3.00. The fourth-order valence-electron chi connectivity index (χ4n) is 2.63. The van der Waals surface area contributed by atoms with Crippen molar-refractivity contribution in [1.82, 2.24) is 0 Å². The molecular formula is C13H25NO3S. The van der Waals surface area contributed by atoms with E-state index in [1.54, 1.807) is 0 Å². The van der Waals surface area contributed by atoms with E-state index in [1.165, 1.54) is 6.26 Å². The van der Waals surface area contributed by atoms with Crippen LogP contribution in [0, 0.1) is 5.92 Å². The Bertz CT molecular complexity index is 376. The highest BCUT2D eigenvalue weighted by Gasteiger charge is 2.31. The van der Waals surface area contributed by atoms with E-state index >= 15 is 0 Å². The van der Waals surface area contributed by atoms with Crippen LogP contribution >= 0.6 is 0 Å². The van der Waals surface area contributed by atoms with Gasteiger partial charge in [0.2, 0.25) is 0 Å². The van der Waals surface area contributed by atoms with Gasteiger partial charge < -0.3 is 5.73 Å². The van der Waals surface area contributed by atoms with E-state index in [4.69, 9.17) is 5.73 Å². The molecule has 3 atom stereocenters. The van der Waals surface area contributed by atoms with Crippen molar-refractivity contribution in [3.05, 3.63) is 0 Å². The maximum Gasteiger partial charge on any atom is 0.150 e. The Morgan fingerprint density at radius 1 is 1.39 bits per heavy atom. The molecule has 3 unspecified atom stereocenters. The van der Waals surface area contributed by atoms with Crippen LogP contribution in [0.2, 0.25) is 0 Å². The molecule has 1 aliphatic rings. The zero-order chi connectivity index (χ0) is 13.8. The van der Waals surface area contributed by atoms with Crippen LogP contribution in [0.3, 0.4) is 0 Å². The number of sulfone groups is 1. The molecule has 1 fully saturated rings. The van der Waals surface area contributed by atoms with E-state index in [2.05, 4.69) is 0 Å². The number of nitrogens with two attached hydrogens (primary N) is 1. The average Bonchev–Trinajstić information content (AvgIpc) is 2.27. The van der Waals surface area contributed by atoms with Crippen LogP contribution in [0.15, 0.2) is 0 Å². The third-order valence-electron chi connectivity index (χ3n) is 3.77. The first-order chi connectivity index (χ1) is 8.30. The average molecular weight is 275 g/mol. The Kier molecular flexibility index (Phi) is 5.79. The molecule has 5 heteroatoms. The monoisotopic (exact) mass is 275 g/mol. The second-order valence-electron chi connectivity index (χ2n) is 5.65.